The number of hydrogen-bond donors (Lipinski definition) is 0. The summed E-state index contributed by atoms with van der Waals surface area (Å²) in [6.07, 6.45) is 9.06. The monoisotopic (exact) mass is 363 g/mol. The third-order valence-electron chi connectivity index (χ3n) is 6.95. The molecule has 1 unspecified atom stereocenters. The zero-order chi connectivity index (χ0) is 18.0. The Hall–Kier alpha value is -1.14. The molecule has 0 bridgehead atoms. The van der Waals surface area contributed by atoms with Crippen molar-refractivity contribution in [2.45, 2.75) is 57.4 Å². The first-order valence-corrected chi connectivity index (χ1v) is 10.6. The van der Waals surface area contributed by atoms with Crippen LogP contribution in [-0.4, -0.2) is 85.0 Å². The maximum atomic E-state index is 13.4. The molecule has 0 radical (unpaired) electrons. The van der Waals surface area contributed by atoms with Gasteiger partial charge >= 0.3 is 0 Å². The van der Waals surface area contributed by atoms with E-state index in [1.807, 2.05) is 4.90 Å². The zero-order valence-electron chi connectivity index (χ0n) is 16.0. The van der Waals surface area contributed by atoms with Crippen molar-refractivity contribution < 1.29 is 14.3 Å². The second-order valence-corrected chi connectivity index (χ2v) is 8.63. The largest absolute Gasteiger partial charge is 0.379 e. The minimum atomic E-state index is -0.295. The highest BCUT2D eigenvalue weighted by molar-refractivity contribution is 5.86. The summed E-state index contributed by atoms with van der Waals surface area (Å²) >= 11 is 0. The van der Waals surface area contributed by atoms with Crippen LogP contribution in [0, 0.1) is 5.41 Å². The van der Waals surface area contributed by atoms with Gasteiger partial charge in [0, 0.05) is 38.8 Å². The summed E-state index contributed by atoms with van der Waals surface area (Å²) in [5, 5.41) is 0. The van der Waals surface area contributed by atoms with Gasteiger partial charge in [0.05, 0.1) is 25.2 Å². The Morgan fingerprint density at radius 1 is 1.00 bits per heavy atom. The molecule has 6 nitrogen and oxygen atoms in total. The van der Waals surface area contributed by atoms with Gasteiger partial charge in [-0.1, -0.05) is 19.3 Å². The lowest BCUT2D eigenvalue weighted by Gasteiger charge is -2.44. The number of likely N-dealkylation sites (tertiary alicyclic amines) is 2. The molecule has 4 rings (SSSR count). The topological polar surface area (TPSA) is 53.1 Å². The molecule has 4 fully saturated rings. The summed E-state index contributed by atoms with van der Waals surface area (Å²) < 4.78 is 5.36. The maximum absolute atomic E-state index is 13.4. The molecule has 3 saturated heterocycles. The van der Waals surface area contributed by atoms with Crippen LogP contribution in [0.4, 0.5) is 0 Å². The van der Waals surface area contributed by atoms with Gasteiger partial charge in [-0.25, -0.2) is 0 Å². The van der Waals surface area contributed by atoms with Crippen LogP contribution in [0.5, 0.6) is 0 Å². The van der Waals surface area contributed by atoms with Crippen LogP contribution < -0.4 is 0 Å². The van der Waals surface area contributed by atoms with Crippen molar-refractivity contribution in [1.82, 2.24) is 14.7 Å². The molecule has 0 N–H and O–H groups in total. The summed E-state index contributed by atoms with van der Waals surface area (Å²) in [6.45, 7) is 5.87. The number of hydrogen-bond acceptors (Lipinski definition) is 4. The average Bonchev–Trinajstić information content (AvgIpc) is 3.11. The van der Waals surface area contributed by atoms with Gasteiger partial charge in [-0.15, -0.1) is 0 Å². The van der Waals surface area contributed by atoms with Gasteiger partial charge in [0.25, 0.3) is 0 Å². The highest BCUT2D eigenvalue weighted by atomic mass is 16.5. The van der Waals surface area contributed by atoms with E-state index in [2.05, 4.69) is 9.80 Å². The normalized spacial score (nSPS) is 31.8. The van der Waals surface area contributed by atoms with Crippen molar-refractivity contribution in [2.24, 2.45) is 5.41 Å². The van der Waals surface area contributed by atoms with Crippen molar-refractivity contribution in [2.75, 3.05) is 52.5 Å². The summed E-state index contributed by atoms with van der Waals surface area (Å²) in [5.74, 6) is 0.531. The van der Waals surface area contributed by atoms with E-state index in [0.29, 0.717) is 38.3 Å². The molecular weight excluding hydrogens is 330 g/mol. The summed E-state index contributed by atoms with van der Waals surface area (Å²) in [7, 11) is 0. The lowest BCUT2D eigenvalue weighted by atomic mass is 9.77. The molecule has 0 aromatic heterocycles. The smallest absolute Gasteiger partial charge is 0.236 e. The van der Waals surface area contributed by atoms with Gasteiger partial charge < -0.3 is 14.5 Å². The summed E-state index contributed by atoms with van der Waals surface area (Å²) in [4.78, 5) is 32.4. The minimum absolute atomic E-state index is 0.186. The Kier molecular flexibility index (Phi) is 5.50. The average molecular weight is 364 g/mol. The fraction of sp³-hybridized carbons (Fsp3) is 0.900. The second kappa shape index (κ2) is 7.85. The highest BCUT2D eigenvalue weighted by Gasteiger charge is 2.50. The lowest BCUT2D eigenvalue weighted by molar-refractivity contribution is -0.149. The Bertz CT molecular complexity index is 528. The van der Waals surface area contributed by atoms with Crippen LogP contribution in [0.2, 0.25) is 0 Å². The second-order valence-electron chi connectivity index (χ2n) is 8.63. The number of piperidine rings is 1. The molecular formula is C20H33N3O3. The fourth-order valence-electron chi connectivity index (χ4n) is 5.36. The first-order valence-electron chi connectivity index (χ1n) is 10.6. The SMILES string of the molecule is O=C(CN1CCOCC1)N1CCC2(CCCN(C3CCCCC3)C2=O)C1. The first kappa shape index (κ1) is 18.2. The number of amides is 2. The Balaban J connectivity index is 1.37. The standard InChI is InChI=1S/C20H33N3O3/c24-18(15-21-11-13-26-14-12-21)22-10-8-20(16-22)7-4-9-23(19(20)25)17-5-2-1-3-6-17/h17H,1-16H2. The predicted octanol–water partition coefficient (Wildman–Crippen LogP) is 1.49. The molecule has 0 aromatic carbocycles. The van der Waals surface area contributed by atoms with Crippen LogP contribution >= 0.6 is 0 Å². The third-order valence-corrected chi connectivity index (χ3v) is 6.95. The van der Waals surface area contributed by atoms with Crippen LogP contribution in [0.3, 0.4) is 0 Å². The summed E-state index contributed by atoms with van der Waals surface area (Å²) in [5.41, 5.74) is -0.295. The van der Waals surface area contributed by atoms with Gasteiger partial charge in [-0.2, -0.15) is 0 Å². The van der Waals surface area contributed by atoms with E-state index >= 15 is 0 Å². The number of rotatable bonds is 3. The molecule has 1 spiro atoms. The predicted molar refractivity (Wildman–Crippen MR) is 98.7 cm³/mol. The molecule has 26 heavy (non-hydrogen) atoms. The number of nitrogens with zero attached hydrogens (tertiary/aromatic N) is 3. The van der Waals surface area contributed by atoms with Crippen molar-refractivity contribution in [3.63, 3.8) is 0 Å². The number of carbonyl (C=O) groups is 2. The molecule has 3 heterocycles. The highest BCUT2D eigenvalue weighted by Crippen LogP contribution is 2.42. The number of ether oxygens (including phenoxy) is 1. The van der Waals surface area contributed by atoms with E-state index in [-0.39, 0.29) is 11.3 Å². The van der Waals surface area contributed by atoms with Crippen LogP contribution in [0.15, 0.2) is 0 Å². The Morgan fingerprint density at radius 2 is 1.77 bits per heavy atom. The summed E-state index contributed by atoms with van der Waals surface area (Å²) in [6, 6.07) is 0.450. The molecule has 1 saturated carbocycles. The van der Waals surface area contributed by atoms with Gasteiger partial charge in [-0.3, -0.25) is 14.5 Å². The van der Waals surface area contributed by atoms with Gasteiger partial charge in [0.2, 0.25) is 11.8 Å². The van der Waals surface area contributed by atoms with Crippen molar-refractivity contribution in [3.8, 4) is 0 Å². The molecule has 2 amide bonds. The van der Waals surface area contributed by atoms with Crippen molar-refractivity contribution in [1.29, 1.82) is 0 Å². The van der Waals surface area contributed by atoms with Crippen molar-refractivity contribution in [3.05, 3.63) is 0 Å². The molecule has 1 atom stereocenters. The van der Waals surface area contributed by atoms with Crippen LogP contribution in [0.25, 0.3) is 0 Å². The molecule has 0 aromatic rings. The lowest BCUT2D eigenvalue weighted by Crippen LogP contribution is -2.54. The maximum Gasteiger partial charge on any atom is 0.236 e. The minimum Gasteiger partial charge on any atom is -0.379 e. The molecule has 3 aliphatic heterocycles. The van der Waals surface area contributed by atoms with E-state index in [4.69, 9.17) is 4.74 Å². The van der Waals surface area contributed by atoms with Crippen LogP contribution in [-0.2, 0) is 14.3 Å². The van der Waals surface area contributed by atoms with Crippen LogP contribution in [0.1, 0.15) is 51.4 Å². The van der Waals surface area contributed by atoms with Gasteiger partial charge in [-0.05, 0) is 32.1 Å². The van der Waals surface area contributed by atoms with Gasteiger partial charge in [0.15, 0.2) is 0 Å². The van der Waals surface area contributed by atoms with E-state index in [9.17, 15) is 9.59 Å². The van der Waals surface area contributed by atoms with Crippen molar-refractivity contribution >= 4 is 11.8 Å². The van der Waals surface area contributed by atoms with E-state index in [0.717, 1.165) is 45.4 Å². The number of carbonyl (C=O) groups excluding carboxylic acids is 2. The van der Waals surface area contributed by atoms with E-state index in [1.165, 1.54) is 32.1 Å². The fourth-order valence-corrected chi connectivity index (χ4v) is 5.36. The Morgan fingerprint density at radius 3 is 2.54 bits per heavy atom. The molecule has 1 aliphatic carbocycles. The first-order chi connectivity index (χ1) is 12.7. The Labute approximate surface area is 156 Å². The third kappa shape index (κ3) is 3.63. The molecule has 4 aliphatic rings. The zero-order valence-corrected chi connectivity index (χ0v) is 16.0. The van der Waals surface area contributed by atoms with E-state index in [1.54, 1.807) is 0 Å². The molecule has 146 valence electrons. The van der Waals surface area contributed by atoms with E-state index < -0.39 is 0 Å². The molecule has 6 heteroatoms. The number of morpholine rings is 1. The quantitative estimate of drug-likeness (QED) is 0.762. The van der Waals surface area contributed by atoms with Gasteiger partial charge in [0.1, 0.15) is 0 Å².